The Hall–Kier alpha value is -3.06. The van der Waals surface area contributed by atoms with Gasteiger partial charge in [-0.05, 0) is 69.3 Å². The molecule has 3 atom stereocenters. The largest absolute Gasteiger partial charge is 0.508 e. The summed E-state index contributed by atoms with van der Waals surface area (Å²) in [5.74, 6) is -3.63. The molecule has 2 amide bonds. The molecule has 0 saturated carbocycles. The zero-order valence-electron chi connectivity index (χ0n) is 20.1. The predicted molar refractivity (Wildman–Crippen MR) is 130 cm³/mol. The second kappa shape index (κ2) is 17.4. The molecule has 198 valence electrons. The number of aromatic hydroxyl groups is 1. The van der Waals surface area contributed by atoms with Gasteiger partial charge in [0, 0.05) is 6.92 Å². The first kappa shape index (κ1) is 31.9. The number of nitrogens with zero attached hydrogens (tertiary/aromatic N) is 1. The lowest BCUT2D eigenvalue weighted by Gasteiger charge is -2.31. The van der Waals surface area contributed by atoms with Crippen LogP contribution in [0.1, 0.15) is 51.0 Å². The van der Waals surface area contributed by atoms with Gasteiger partial charge in [0.05, 0.1) is 12.1 Å². The first-order valence-electron chi connectivity index (χ1n) is 11.4. The van der Waals surface area contributed by atoms with Gasteiger partial charge < -0.3 is 38.3 Å². The van der Waals surface area contributed by atoms with Gasteiger partial charge in [-0.2, -0.15) is 0 Å². The van der Waals surface area contributed by atoms with Crippen LogP contribution in [0.5, 0.6) is 5.75 Å². The van der Waals surface area contributed by atoms with Gasteiger partial charge in [0.2, 0.25) is 11.8 Å². The van der Waals surface area contributed by atoms with Crippen molar-refractivity contribution in [2.45, 2.75) is 70.0 Å². The molecule has 0 bridgehead atoms. The van der Waals surface area contributed by atoms with E-state index in [0.717, 1.165) is 11.8 Å². The Morgan fingerprint density at radius 2 is 1.29 bits per heavy atom. The van der Waals surface area contributed by atoms with Crippen molar-refractivity contribution < 1.29 is 34.5 Å². The Bertz CT molecular complexity index is 800. The SMILES string of the molecule is CC(=O)O.NCCCCC(N)C(=O)N(C(=O)C(N)Cc1ccc(O)cc1)C(CCCCN)C(=O)O. The number of imide groups is 1. The minimum atomic E-state index is -1.38. The van der Waals surface area contributed by atoms with Crippen molar-refractivity contribution in [2.24, 2.45) is 22.9 Å². The van der Waals surface area contributed by atoms with Crippen molar-refractivity contribution >= 4 is 23.8 Å². The maximum atomic E-state index is 13.1. The molecule has 0 heterocycles. The molecular weight excluding hydrogens is 458 g/mol. The lowest BCUT2D eigenvalue weighted by Crippen LogP contribution is -2.58. The fourth-order valence-corrected chi connectivity index (χ4v) is 3.22. The van der Waals surface area contributed by atoms with E-state index in [1.54, 1.807) is 12.1 Å². The molecule has 1 aromatic carbocycles. The van der Waals surface area contributed by atoms with Crippen molar-refractivity contribution in [2.75, 3.05) is 13.1 Å². The van der Waals surface area contributed by atoms with Gasteiger partial charge in [-0.3, -0.25) is 19.3 Å². The first-order chi connectivity index (χ1) is 16.5. The minimum Gasteiger partial charge on any atom is -0.508 e. The van der Waals surface area contributed by atoms with Crippen LogP contribution in [0.15, 0.2) is 24.3 Å². The number of aliphatic carboxylic acids is 2. The third-order valence-corrected chi connectivity index (χ3v) is 5.00. The van der Waals surface area contributed by atoms with E-state index >= 15 is 0 Å². The number of rotatable bonds is 14. The predicted octanol–water partition coefficient (Wildman–Crippen LogP) is -0.253. The van der Waals surface area contributed by atoms with Crippen molar-refractivity contribution in [1.29, 1.82) is 0 Å². The molecule has 3 unspecified atom stereocenters. The number of hydrogen-bond donors (Lipinski definition) is 7. The number of carbonyl (C=O) groups excluding carboxylic acids is 2. The number of amides is 2. The third kappa shape index (κ3) is 12.8. The summed E-state index contributed by atoms with van der Waals surface area (Å²) in [5, 5.41) is 26.6. The summed E-state index contributed by atoms with van der Waals surface area (Å²) in [5.41, 5.74) is 23.7. The van der Waals surface area contributed by atoms with E-state index in [9.17, 15) is 24.6 Å². The Kier molecular flexibility index (Phi) is 15.9. The summed E-state index contributed by atoms with van der Waals surface area (Å²) in [4.78, 5) is 47.8. The van der Waals surface area contributed by atoms with E-state index in [1.165, 1.54) is 12.1 Å². The van der Waals surface area contributed by atoms with E-state index in [4.69, 9.17) is 32.8 Å². The molecule has 0 spiro atoms. The molecule has 0 aliphatic heterocycles. The van der Waals surface area contributed by atoms with E-state index in [1.807, 2.05) is 0 Å². The Morgan fingerprint density at radius 1 is 0.829 bits per heavy atom. The molecule has 11 N–H and O–H groups in total. The molecule has 35 heavy (non-hydrogen) atoms. The maximum absolute atomic E-state index is 13.1. The van der Waals surface area contributed by atoms with E-state index in [-0.39, 0.29) is 25.0 Å². The number of unbranched alkanes of at least 4 members (excludes halogenated alkanes) is 2. The van der Waals surface area contributed by atoms with Gasteiger partial charge in [0.25, 0.3) is 5.97 Å². The van der Waals surface area contributed by atoms with Gasteiger partial charge >= 0.3 is 5.97 Å². The van der Waals surface area contributed by atoms with Crippen LogP contribution in [0, 0.1) is 0 Å². The van der Waals surface area contributed by atoms with E-state index < -0.39 is 41.9 Å². The van der Waals surface area contributed by atoms with Crippen LogP contribution in [-0.2, 0) is 25.6 Å². The molecule has 0 aromatic heterocycles. The minimum absolute atomic E-state index is 0.0610. The first-order valence-corrected chi connectivity index (χ1v) is 11.4. The van der Waals surface area contributed by atoms with E-state index in [0.29, 0.717) is 44.3 Å². The highest BCUT2D eigenvalue weighted by Crippen LogP contribution is 2.17. The Labute approximate surface area is 205 Å². The highest BCUT2D eigenvalue weighted by Gasteiger charge is 2.38. The van der Waals surface area contributed by atoms with Gasteiger partial charge in [-0.25, -0.2) is 4.79 Å². The number of carboxylic acid groups (broad SMARTS) is 2. The quantitative estimate of drug-likeness (QED) is 0.165. The summed E-state index contributed by atoms with van der Waals surface area (Å²) in [7, 11) is 0. The summed E-state index contributed by atoms with van der Waals surface area (Å²) in [6.07, 6.45) is 2.64. The van der Waals surface area contributed by atoms with Crippen LogP contribution in [0.2, 0.25) is 0 Å². The number of carbonyl (C=O) groups is 4. The number of benzene rings is 1. The van der Waals surface area contributed by atoms with Crippen LogP contribution >= 0.6 is 0 Å². The fraction of sp³-hybridized carbons (Fsp3) is 0.565. The zero-order chi connectivity index (χ0) is 27.0. The topological polar surface area (TPSA) is 236 Å². The molecule has 0 aliphatic rings. The molecule has 12 heteroatoms. The van der Waals surface area contributed by atoms with Gasteiger partial charge in [0.15, 0.2) is 0 Å². The van der Waals surface area contributed by atoms with Gasteiger partial charge in [0.1, 0.15) is 11.8 Å². The molecular formula is C23H39N5O7. The Morgan fingerprint density at radius 3 is 1.74 bits per heavy atom. The normalized spacial score (nSPS) is 13.1. The lowest BCUT2D eigenvalue weighted by atomic mass is 10.0. The lowest BCUT2D eigenvalue weighted by molar-refractivity contribution is -0.159. The van der Waals surface area contributed by atoms with Crippen LogP contribution in [-0.4, -0.2) is 75.2 Å². The number of phenols is 1. The van der Waals surface area contributed by atoms with Crippen LogP contribution < -0.4 is 22.9 Å². The van der Waals surface area contributed by atoms with Crippen LogP contribution in [0.4, 0.5) is 0 Å². The smallest absolute Gasteiger partial charge is 0.326 e. The third-order valence-electron chi connectivity index (χ3n) is 5.00. The molecule has 0 aliphatic carbocycles. The number of nitrogens with two attached hydrogens (primary N) is 4. The second-order valence-corrected chi connectivity index (χ2v) is 8.07. The molecule has 1 aromatic rings. The summed E-state index contributed by atoms with van der Waals surface area (Å²) in [6.45, 7) is 1.89. The number of hydrogen-bond acceptors (Lipinski definition) is 9. The van der Waals surface area contributed by atoms with Crippen molar-refractivity contribution in [3.8, 4) is 5.75 Å². The molecule has 0 saturated heterocycles. The highest BCUT2D eigenvalue weighted by atomic mass is 16.4. The van der Waals surface area contributed by atoms with Crippen molar-refractivity contribution in [3.63, 3.8) is 0 Å². The number of carboxylic acids is 2. The summed E-state index contributed by atoms with van der Waals surface area (Å²) < 4.78 is 0. The van der Waals surface area contributed by atoms with E-state index in [2.05, 4.69) is 0 Å². The van der Waals surface area contributed by atoms with Gasteiger partial charge in [-0.1, -0.05) is 18.6 Å². The van der Waals surface area contributed by atoms with Crippen LogP contribution in [0.25, 0.3) is 0 Å². The van der Waals surface area contributed by atoms with Gasteiger partial charge in [-0.15, -0.1) is 0 Å². The van der Waals surface area contributed by atoms with Crippen LogP contribution in [0.3, 0.4) is 0 Å². The fourth-order valence-electron chi connectivity index (χ4n) is 3.22. The summed E-state index contributed by atoms with van der Waals surface area (Å²) >= 11 is 0. The molecule has 1 rings (SSSR count). The number of phenolic OH excluding ortho intramolecular Hbond substituents is 1. The molecule has 0 fully saturated rings. The molecule has 12 nitrogen and oxygen atoms in total. The standard InChI is InChI=1S/C21H35N5O5.C2H4O2/c22-11-3-1-5-16(24)19(28)26(18(21(30)31)6-2-4-12-23)20(29)17(25)13-14-7-9-15(27)10-8-14;1-2(3)4/h7-10,16-18,27H,1-6,11-13,22-25H2,(H,30,31);1H3,(H,3,4). The zero-order valence-corrected chi connectivity index (χ0v) is 20.1. The highest BCUT2D eigenvalue weighted by molar-refractivity contribution is 6.03. The maximum Gasteiger partial charge on any atom is 0.326 e. The molecule has 0 radical (unpaired) electrons. The second-order valence-electron chi connectivity index (χ2n) is 8.07. The monoisotopic (exact) mass is 497 g/mol. The van der Waals surface area contributed by atoms with Crippen molar-refractivity contribution in [3.05, 3.63) is 29.8 Å². The van der Waals surface area contributed by atoms with Crippen molar-refractivity contribution in [1.82, 2.24) is 4.90 Å². The summed E-state index contributed by atoms with van der Waals surface area (Å²) in [6, 6.07) is 2.55. The Balaban J connectivity index is 0.00000267. The average molecular weight is 498 g/mol. The average Bonchev–Trinajstić information content (AvgIpc) is 2.79.